The van der Waals surface area contributed by atoms with Gasteiger partial charge < -0.3 is 25.2 Å². The Morgan fingerprint density at radius 1 is 1.09 bits per heavy atom. The minimum Gasteiger partial charge on any atom is -0.380 e. The van der Waals surface area contributed by atoms with Crippen molar-refractivity contribution in [2.45, 2.75) is 26.7 Å². The lowest BCUT2D eigenvalue weighted by Crippen LogP contribution is -2.44. The summed E-state index contributed by atoms with van der Waals surface area (Å²) in [7, 11) is 2.20. The third-order valence-corrected chi connectivity index (χ3v) is 3.84. The number of hydrogen-bond donors (Lipinski definition) is 2. The average molecular weight is 441 g/mol. The Morgan fingerprint density at radius 3 is 2.48 bits per heavy atom. The molecule has 2 N–H and O–H groups in total. The molecule has 1 rings (SSSR count). The molecular formula is C16H36IN5O. The molecular weight excluding hydrogens is 405 g/mol. The Kier molecular flexibility index (Phi) is 15.3. The molecule has 6 nitrogen and oxygen atoms in total. The van der Waals surface area contributed by atoms with Crippen LogP contribution in [0.15, 0.2) is 4.99 Å². The van der Waals surface area contributed by atoms with Crippen LogP contribution in [0.25, 0.3) is 0 Å². The number of hydrogen-bond acceptors (Lipinski definition) is 4. The molecule has 1 heterocycles. The maximum Gasteiger partial charge on any atom is 0.191 e. The fraction of sp³-hybridized carbons (Fsp3) is 0.938. The van der Waals surface area contributed by atoms with E-state index in [-0.39, 0.29) is 24.0 Å². The first-order valence-corrected chi connectivity index (χ1v) is 8.77. The molecule has 0 saturated carbocycles. The number of nitrogens with one attached hydrogen (secondary N) is 2. The molecule has 0 bridgehead atoms. The maximum atomic E-state index is 5.33. The molecule has 7 heteroatoms. The molecule has 0 unspecified atom stereocenters. The number of piperazine rings is 1. The number of guanidine groups is 1. The highest BCUT2D eigenvalue weighted by Crippen LogP contribution is 2.01. The predicted octanol–water partition coefficient (Wildman–Crippen LogP) is 1.22. The molecule has 1 aliphatic heterocycles. The Hall–Kier alpha value is -0.120. The number of rotatable bonds is 10. The van der Waals surface area contributed by atoms with Crippen molar-refractivity contribution in [1.82, 2.24) is 20.4 Å². The fourth-order valence-corrected chi connectivity index (χ4v) is 2.44. The molecule has 0 aliphatic carbocycles. The van der Waals surface area contributed by atoms with Gasteiger partial charge in [-0.1, -0.05) is 0 Å². The first-order valence-electron chi connectivity index (χ1n) is 8.77. The van der Waals surface area contributed by atoms with E-state index in [0.717, 1.165) is 45.2 Å². The lowest BCUT2D eigenvalue weighted by molar-refractivity contribution is 0.152. The summed E-state index contributed by atoms with van der Waals surface area (Å²) in [6.45, 7) is 14.2. The van der Waals surface area contributed by atoms with E-state index in [2.05, 4.69) is 39.4 Å². The van der Waals surface area contributed by atoms with Crippen molar-refractivity contribution in [3.63, 3.8) is 0 Å². The molecule has 0 aromatic heterocycles. The van der Waals surface area contributed by atoms with Crippen molar-refractivity contribution in [3.05, 3.63) is 0 Å². The van der Waals surface area contributed by atoms with E-state index < -0.39 is 0 Å². The average Bonchev–Trinajstić information content (AvgIpc) is 2.53. The van der Waals surface area contributed by atoms with Gasteiger partial charge in [-0.15, -0.1) is 24.0 Å². The number of likely N-dealkylation sites (N-methyl/N-ethyl adjacent to an activating group) is 1. The van der Waals surface area contributed by atoms with Crippen LogP contribution in [-0.2, 0) is 4.74 Å². The van der Waals surface area contributed by atoms with E-state index >= 15 is 0 Å². The summed E-state index contributed by atoms with van der Waals surface area (Å²) in [5.74, 6) is 0.904. The second-order valence-corrected chi connectivity index (χ2v) is 5.74. The highest BCUT2D eigenvalue weighted by atomic mass is 127. The number of unbranched alkanes of at least 4 members (excludes halogenated alkanes) is 1. The fourth-order valence-electron chi connectivity index (χ4n) is 2.44. The number of aliphatic imine (C=N–C) groups is 1. The molecule has 0 aromatic rings. The molecule has 1 fully saturated rings. The Bertz CT molecular complexity index is 296. The zero-order valence-electron chi connectivity index (χ0n) is 15.1. The first-order chi connectivity index (χ1) is 10.8. The van der Waals surface area contributed by atoms with E-state index in [1.165, 1.54) is 39.1 Å². The summed E-state index contributed by atoms with van der Waals surface area (Å²) in [5.41, 5.74) is 0. The van der Waals surface area contributed by atoms with Gasteiger partial charge in [0, 0.05) is 52.4 Å². The van der Waals surface area contributed by atoms with Gasteiger partial charge in [-0.05, 0) is 40.3 Å². The summed E-state index contributed by atoms with van der Waals surface area (Å²) >= 11 is 0. The molecule has 23 heavy (non-hydrogen) atoms. The predicted molar refractivity (Wildman–Crippen MR) is 109 cm³/mol. The zero-order valence-corrected chi connectivity index (χ0v) is 17.5. The van der Waals surface area contributed by atoms with Gasteiger partial charge >= 0.3 is 0 Å². The summed E-state index contributed by atoms with van der Waals surface area (Å²) in [4.78, 5) is 9.58. The maximum absolute atomic E-state index is 5.33. The molecule has 138 valence electrons. The van der Waals surface area contributed by atoms with Crippen LogP contribution in [0, 0.1) is 0 Å². The minimum absolute atomic E-state index is 0. The van der Waals surface area contributed by atoms with Crippen molar-refractivity contribution in [2.24, 2.45) is 4.99 Å². The van der Waals surface area contributed by atoms with Crippen LogP contribution in [-0.4, -0.2) is 88.4 Å². The third kappa shape index (κ3) is 12.0. The zero-order chi connectivity index (χ0) is 16.0. The molecule has 0 aromatic carbocycles. The highest BCUT2D eigenvalue weighted by molar-refractivity contribution is 14.0. The van der Waals surface area contributed by atoms with Crippen molar-refractivity contribution < 1.29 is 4.74 Å². The van der Waals surface area contributed by atoms with Crippen LogP contribution in [0.2, 0.25) is 0 Å². The Morgan fingerprint density at radius 2 is 1.83 bits per heavy atom. The smallest absolute Gasteiger partial charge is 0.191 e. The highest BCUT2D eigenvalue weighted by Gasteiger charge is 2.12. The second kappa shape index (κ2) is 15.4. The SMILES string of the molecule is CCNC(=NCCCCN1CCN(C)CC1)NCCOCC.I. The van der Waals surface area contributed by atoms with Crippen LogP contribution in [0.3, 0.4) is 0 Å². The van der Waals surface area contributed by atoms with Gasteiger partial charge in [0.25, 0.3) is 0 Å². The van der Waals surface area contributed by atoms with Gasteiger partial charge in [0.1, 0.15) is 0 Å². The lowest BCUT2D eigenvalue weighted by atomic mass is 10.2. The largest absolute Gasteiger partial charge is 0.380 e. The van der Waals surface area contributed by atoms with Gasteiger partial charge in [-0.2, -0.15) is 0 Å². The van der Waals surface area contributed by atoms with Gasteiger partial charge in [0.05, 0.1) is 6.61 Å². The number of ether oxygens (including phenoxy) is 1. The van der Waals surface area contributed by atoms with Crippen molar-refractivity contribution in [3.8, 4) is 0 Å². The monoisotopic (exact) mass is 441 g/mol. The van der Waals surface area contributed by atoms with Gasteiger partial charge in [0.15, 0.2) is 5.96 Å². The molecule has 1 saturated heterocycles. The van der Waals surface area contributed by atoms with E-state index in [1.807, 2.05) is 6.92 Å². The number of nitrogens with zero attached hydrogens (tertiary/aromatic N) is 3. The van der Waals surface area contributed by atoms with Gasteiger partial charge in [0.2, 0.25) is 0 Å². The normalized spacial score (nSPS) is 16.9. The Labute approximate surface area is 159 Å². The molecule has 0 atom stereocenters. The molecule has 0 radical (unpaired) electrons. The quantitative estimate of drug-likeness (QED) is 0.231. The van der Waals surface area contributed by atoms with Gasteiger partial charge in [-0.25, -0.2) is 0 Å². The van der Waals surface area contributed by atoms with E-state index in [9.17, 15) is 0 Å². The first kappa shape index (κ1) is 22.9. The van der Waals surface area contributed by atoms with Crippen LogP contribution in [0.1, 0.15) is 26.7 Å². The molecule has 0 amide bonds. The third-order valence-electron chi connectivity index (χ3n) is 3.84. The van der Waals surface area contributed by atoms with Gasteiger partial charge in [-0.3, -0.25) is 4.99 Å². The standard InChI is InChI=1S/C16H35N5O.HI/c1-4-17-16(19-9-15-22-5-2)18-8-6-7-10-21-13-11-20(3)12-14-21;/h4-15H2,1-3H3,(H2,17,18,19);1H. The summed E-state index contributed by atoms with van der Waals surface area (Å²) < 4.78 is 5.33. The van der Waals surface area contributed by atoms with E-state index in [1.54, 1.807) is 0 Å². The summed E-state index contributed by atoms with van der Waals surface area (Å²) in [6.07, 6.45) is 2.37. The second-order valence-electron chi connectivity index (χ2n) is 5.74. The summed E-state index contributed by atoms with van der Waals surface area (Å²) in [5, 5.41) is 6.57. The topological polar surface area (TPSA) is 52.1 Å². The van der Waals surface area contributed by atoms with E-state index in [0.29, 0.717) is 0 Å². The molecule has 1 aliphatic rings. The van der Waals surface area contributed by atoms with Crippen molar-refractivity contribution in [1.29, 1.82) is 0 Å². The van der Waals surface area contributed by atoms with Crippen molar-refractivity contribution in [2.75, 3.05) is 72.6 Å². The summed E-state index contributed by atoms with van der Waals surface area (Å²) in [6, 6.07) is 0. The lowest BCUT2D eigenvalue weighted by Gasteiger charge is -2.32. The van der Waals surface area contributed by atoms with Crippen LogP contribution >= 0.6 is 24.0 Å². The molecule has 0 spiro atoms. The number of halogens is 1. The van der Waals surface area contributed by atoms with Crippen molar-refractivity contribution >= 4 is 29.9 Å². The minimum atomic E-state index is 0. The van der Waals surface area contributed by atoms with Crippen LogP contribution in [0.5, 0.6) is 0 Å². The van der Waals surface area contributed by atoms with E-state index in [4.69, 9.17) is 4.74 Å². The van der Waals surface area contributed by atoms with Crippen LogP contribution < -0.4 is 10.6 Å². The van der Waals surface area contributed by atoms with Crippen LogP contribution in [0.4, 0.5) is 0 Å². The Balaban J connectivity index is 0.00000484.